The van der Waals surface area contributed by atoms with E-state index in [0.717, 1.165) is 6.42 Å². The van der Waals surface area contributed by atoms with Crippen molar-refractivity contribution in [2.24, 2.45) is 0 Å². The van der Waals surface area contributed by atoms with Crippen LogP contribution in [0.1, 0.15) is 19.8 Å². The fraction of sp³-hybridized carbons (Fsp3) is 0.500. The standard InChI is InChI=1S/C14H18FNO3/c1-10(19-13-7-3-2-6-12(13)15)14(18)16-8-4-5-11(17)9-16/h2-3,6-7,10-11,17H,4-5,8-9H2,1H3/t10-,11+/m0/s1. The van der Waals surface area contributed by atoms with Gasteiger partial charge in [0.25, 0.3) is 5.91 Å². The molecule has 1 aliphatic rings. The number of para-hydroxylation sites is 1. The second kappa shape index (κ2) is 6.02. The van der Waals surface area contributed by atoms with E-state index in [1.807, 2.05) is 0 Å². The molecule has 104 valence electrons. The van der Waals surface area contributed by atoms with Gasteiger partial charge in [0.2, 0.25) is 0 Å². The van der Waals surface area contributed by atoms with Crippen LogP contribution in [0.15, 0.2) is 24.3 Å². The summed E-state index contributed by atoms with van der Waals surface area (Å²) in [6, 6.07) is 6.00. The van der Waals surface area contributed by atoms with Crippen molar-refractivity contribution in [2.75, 3.05) is 13.1 Å². The Hall–Kier alpha value is -1.62. The first kappa shape index (κ1) is 13.8. The second-order valence-electron chi connectivity index (χ2n) is 4.77. The summed E-state index contributed by atoms with van der Waals surface area (Å²) in [5.74, 6) is -0.635. The molecule has 0 bridgehead atoms. The Morgan fingerprint density at radius 1 is 1.53 bits per heavy atom. The van der Waals surface area contributed by atoms with E-state index >= 15 is 0 Å². The van der Waals surface area contributed by atoms with Gasteiger partial charge in [0, 0.05) is 13.1 Å². The van der Waals surface area contributed by atoms with Crippen LogP contribution >= 0.6 is 0 Å². The van der Waals surface area contributed by atoms with E-state index in [1.54, 1.807) is 24.0 Å². The van der Waals surface area contributed by atoms with Crippen LogP contribution in [0.5, 0.6) is 5.75 Å². The first-order valence-electron chi connectivity index (χ1n) is 6.46. The molecule has 1 aliphatic heterocycles. The molecule has 19 heavy (non-hydrogen) atoms. The molecule has 2 rings (SSSR count). The summed E-state index contributed by atoms with van der Waals surface area (Å²) >= 11 is 0. The van der Waals surface area contributed by atoms with Gasteiger partial charge in [-0.25, -0.2) is 4.39 Å². The average Bonchev–Trinajstić information content (AvgIpc) is 2.40. The van der Waals surface area contributed by atoms with Gasteiger partial charge >= 0.3 is 0 Å². The SMILES string of the molecule is C[C@H](Oc1ccccc1F)C(=O)N1CCC[C@@H](O)C1. The topological polar surface area (TPSA) is 49.8 Å². The minimum Gasteiger partial charge on any atom is -0.478 e. The molecule has 0 aliphatic carbocycles. The first-order chi connectivity index (χ1) is 9.08. The molecule has 4 nitrogen and oxygen atoms in total. The van der Waals surface area contributed by atoms with Gasteiger partial charge in [0.1, 0.15) is 0 Å². The van der Waals surface area contributed by atoms with Gasteiger partial charge in [-0.2, -0.15) is 0 Å². The molecule has 0 spiro atoms. The third-order valence-electron chi connectivity index (χ3n) is 3.20. The number of β-amino-alcohol motifs (C(OH)–C–C–N with tert-alkyl or cyclic N) is 1. The predicted octanol–water partition coefficient (Wildman–Crippen LogP) is 1.58. The molecule has 1 N–H and O–H groups in total. The summed E-state index contributed by atoms with van der Waals surface area (Å²) in [6.45, 7) is 2.53. The van der Waals surface area contributed by atoms with Crippen molar-refractivity contribution in [3.8, 4) is 5.75 Å². The molecule has 1 fully saturated rings. The number of nitrogens with zero attached hydrogens (tertiary/aromatic N) is 1. The normalized spacial score (nSPS) is 21.0. The molecule has 1 saturated heterocycles. The highest BCUT2D eigenvalue weighted by molar-refractivity contribution is 5.81. The van der Waals surface area contributed by atoms with Crippen molar-refractivity contribution in [1.29, 1.82) is 0 Å². The Balaban J connectivity index is 1.97. The van der Waals surface area contributed by atoms with E-state index < -0.39 is 18.0 Å². The molecule has 0 unspecified atom stereocenters. The van der Waals surface area contributed by atoms with Crippen LogP contribution in [0.4, 0.5) is 4.39 Å². The molecule has 2 atom stereocenters. The average molecular weight is 267 g/mol. The number of piperidine rings is 1. The van der Waals surface area contributed by atoms with Gasteiger partial charge in [0.05, 0.1) is 6.10 Å². The molecule has 0 saturated carbocycles. The Labute approximate surface area is 111 Å². The summed E-state index contributed by atoms with van der Waals surface area (Å²) in [5.41, 5.74) is 0. The van der Waals surface area contributed by atoms with Gasteiger partial charge in [-0.1, -0.05) is 12.1 Å². The number of ether oxygens (including phenoxy) is 1. The van der Waals surface area contributed by atoms with Gasteiger partial charge in [-0.05, 0) is 31.9 Å². The zero-order valence-corrected chi connectivity index (χ0v) is 10.9. The molecule has 0 radical (unpaired) electrons. The van der Waals surface area contributed by atoms with E-state index in [1.165, 1.54) is 12.1 Å². The quantitative estimate of drug-likeness (QED) is 0.904. The Bertz CT molecular complexity index is 452. The summed E-state index contributed by atoms with van der Waals surface area (Å²) < 4.78 is 18.8. The van der Waals surface area contributed by atoms with Crippen LogP contribution in [0.2, 0.25) is 0 Å². The van der Waals surface area contributed by atoms with E-state index in [0.29, 0.717) is 19.5 Å². The minimum absolute atomic E-state index is 0.0703. The third-order valence-corrected chi connectivity index (χ3v) is 3.20. The van der Waals surface area contributed by atoms with Crippen LogP contribution in [0, 0.1) is 5.82 Å². The minimum atomic E-state index is -0.762. The molecule has 0 aromatic heterocycles. The third kappa shape index (κ3) is 3.44. The number of amides is 1. The molecular weight excluding hydrogens is 249 g/mol. The van der Waals surface area contributed by atoms with Gasteiger partial charge in [-0.3, -0.25) is 4.79 Å². The summed E-state index contributed by atoms with van der Waals surface area (Å²) in [4.78, 5) is 13.7. The lowest BCUT2D eigenvalue weighted by Gasteiger charge is -2.32. The maximum Gasteiger partial charge on any atom is 0.263 e. The van der Waals surface area contributed by atoms with Crippen molar-refractivity contribution in [3.05, 3.63) is 30.1 Å². The fourth-order valence-corrected chi connectivity index (χ4v) is 2.19. The largest absolute Gasteiger partial charge is 0.478 e. The zero-order valence-electron chi connectivity index (χ0n) is 10.9. The fourth-order valence-electron chi connectivity index (χ4n) is 2.19. The molecule has 1 amide bonds. The molecule has 1 aromatic carbocycles. The summed E-state index contributed by atoms with van der Waals surface area (Å²) in [6.07, 6.45) is 0.256. The number of hydrogen-bond donors (Lipinski definition) is 1. The van der Waals surface area contributed by atoms with Crippen molar-refractivity contribution in [3.63, 3.8) is 0 Å². The Kier molecular flexibility index (Phi) is 4.37. The zero-order chi connectivity index (χ0) is 13.8. The van der Waals surface area contributed by atoms with Gasteiger partial charge in [-0.15, -0.1) is 0 Å². The Morgan fingerprint density at radius 3 is 2.95 bits per heavy atom. The number of aliphatic hydroxyl groups is 1. The molecular formula is C14H18FNO3. The lowest BCUT2D eigenvalue weighted by Crippen LogP contribution is -2.47. The molecule has 1 heterocycles. The predicted molar refractivity (Wildman–Crippen MR) is 68.3 cm³/mol. The lowest BCUT2D eigenvalue weighted by atomic mass is 10.1. The number of halogens is 1. The summed E-state index contributed by atoms with van der Waals surface area (Å²) in [5, 5.41) is 9.55. The highest BCUT2D eigenvalue weighted by Gasteiger charge is 2.27. The van der Waals surface area contributed by atoms with Crippen LogP contribution in [-0.2, 0) is 4.79 Å². The van der Waals surface area contributed by atoms with Crippen molar-refractivity contribution in [1.82, 2.24) is 4.90 Å². The van der Waals surface area contributed by atoms with Crippen LogP contribution < -0.4 is 4.74 Å². The highest BCUT2D eigenvalue weighted by atomic mass is 19.1. The Morgan fingerprint density at radius 2 is 2.26 bits per heavy atom. The number of hydrogen-bond acceptors (Lipinski definition) is 3. The van der Waals surface area contributed by atoms with Crippen LogP contribution in [-0.4, -0.2) is 41.2 Å². The maximum absolute atomic E-state index is 13.4. The maximum atomic E-state index is 13.4. The number of rotatable bonds is 3. The second-order valence-corrected chi connectivity index (χ2v) is 4.77. The number of aliphatic hydroxyl groups excluding tert-OH is 1. The lowest BCUT2D eigenvalue weighted by molar-refractivity contribution is -0.141. The van der Waals surface area contributed by atoms with E-state index in [9.17, 15) is 14.3 Å². The van der Waals surface area contributed by atoms with Crippen LogP contribution in [0.25, 0.3) is 0 Å². The van der Waals surface area contributed by atoms with Crippen molar-refractivity contribution < 1.29 is 19.0 Å². The number of carbonyl (C=O) groups is 1. The smallest absolute Gasteiger partial charge is 0.263 e. The first-order valence-corrected chi connectivity index (χ1v) is 6.46. The van der Waals surface area contributed by atoms with E-state index in [4.69, 9.17) is 4.74 Å². The number of carbonyl (C=O) groups excluding carboxylic acids is 1. The van der Waals surface area contributed by atoms with E-state index in [2.05, 4.69) is 0 Å². The molecule has 5 heteroatoms. The highest BCUT2D eigenvalue weighted by Crippen LogP contribution is 2.18. The number of likely N-dealkylation sites (tertiary alicyclic amines) is 1. The van der Waals surface area contributed by atoms with Crippen LogP contribution in [0.3, 0.4) is 0 Å². The monoisotopic (exact) mass is 267 g/mol. The van der Waals surface area contributed by atoms with Gasteiger partial charge < -0.3 is 14.7 Å². The van der Waals surface area contributed by atoms with Gasteiger partial charge in [0.15, 0.2) is 17.7 Å². The van der Waals surface area contributed by atoms with Crippen molar-refractivity contribution >= 4 is 5.91 Å². The molecule has 1 aromatic rings. The van der Waals surface area contributed by atoms with Crippen molar-refractivity contribution in [2.45, 2.75) is 32.0 Å². The summed E-state index contributed by atoms with van der Waals surface area (Å²) in [7, 11) is 0. The van der Waals surface area contributed by atoms with E-state index in [-0.39, 0.29) is 11.7 Å². The number of benzene rings is 1.